The Bertz CT molecular complexity index is 1100. The molecule has 0 spiro atoms. The lowest BCUT2D eigenvalue weighted by molar-refractivity contribution is 0.254. The van der Waals surface area contributed by atoms with E-state index in [1.165, 1.54) is 0 Å². The molecule has 2 amide bonds. The summed E-state index contributed by atoms with van der Waals surface area (Å²) in [5.74, 6) is 1.52. The fraction of sp³-hybridized carbons (Fsp3) is 0.364. The van der Waals surface area contributed by atoms with Crippen LogP contribution in [-0.2, 0) is 6.54 Å². The molecule has 0 unspecified atom stereocenters. The maximum absolute atomic E-state index is 12.4. The number of aryl methyl sites for hydroxylation is 2. The molecule has 9 nitrogen and oxygen atoms in total. The maximum atomic E-state index is 12.4. The second kappa shape index (κ2) is 9.46. The van der Waals surface area contributed by atoms with Crippen molar-refractivity contribution in [2.75, 3.05) is 22.6 Å². The zero-order valence-electron chi connectivity index (χ0n) is 18.7. The van der Waals surface area contributed by atoms with Crippen LogP contribution in [0.15, 0.2) is 30.9 Å². The SMILES string of the molecule is C=CCn1nc(C)c2c(C(C)C)cc(NNC(=O)Nc3cc(C)nc(NCC)c3)nc21. The molecule has 31 heavy (non-hydrogen) atoms. The average molecular weight is 423 g/mol. The van der Waals surface area contributed by atoms with Crippen LogP contribution >= 0.6 is 0 Å². The quantitative estimate of drug-likeness (QED) is 0.318. The Morgan fingerprint density at radius 1 is 1.19 bits per heavy atom. The number of urea groups is 1. The van der Waals surface area contributed by atoms with Crippen LogP contribution in [0, 0.1) is 13.8 Å². The van der Waals surface area contributed by atoms with Crippen molar-refractivity contribution in [3.8, 4) is 0 Å². The minimum atomic E-state index is -0.406. The van der Waals surface area contributed by atoms with Crippen LogP contribution in [0.5, 0.6) is 0 Å². The minimum Gasteiger partial charge on any atom is -0.370 e. The molecule has 0 saturated heterocycles. The summed E-state index contributed by atoms with van der Waals surface area (Å²) in [5.41, 5.74) is 9.82. The van der Waals surface area contributed by atoms with Gasteiger partial charge in [0.2, 0.25) is 0 Å². The molecule has 0 aliphatic heterocycles. The summed E-state index contributed by atoms with van der Waals surface area (Å²) >= 11 is 0. The van der Waals surface area contributed by atoms with Crippen molar-refractivity contribution in [2.45, 2.75) is 47.1 Å². The summed E-state index contributed by atoms with van der Waals surface area (Å²) < 4.78 is 1.82. The van der Waals surface area contributed by atoms with Gasteiger partial charge in [0.05, 0.1) is 12.2 Å². The van der Waals surface area contributed by atoms with E-state index in [1.54, 1.807) is 18.2 Å². The first-order valence-electron chi connectivity index (χ1n) is 10.4. The summed E-state index contributed by atoms with van der Waals surface area (Å²) in [6.07, 6.45) is 1.78. The number of rotatable bonds is 8. The van der Waals surface area contributed by atoms with Gasteiger partial charge in [0.15, 0.2) is 5.65 Å². The number of fused-ring (bicyclic) bond motifs is 1. The maximum Gasteiger partial charge on any atom is 0.337 e. The lowest BCUT2D eigenvalue weighted by Gasteiger charge is -2.14. The Kier molecular flexibility index (Phi) is 6.74. The Labute approximate surface area is 182 Å². The number of hydrogen-bond donors (Lipinski definition) is 4. The molecule has 3 heterocycles. The van der Waals surface area contributed by atoms with Crippen LogP contribution in [0.4, 0.5) is 22.1 Å². The van der Waals surface area contributed by atoms with E-state index in [4.69, 9.17) is 0 Å². The monoisotopic (exact) mass is 422 g/mol. The van der Waals surface area contributed by atoms with E-state index in [0.29, 0.717) is 23.9 Å². The fourth-order valence-electron chi connectivity index (χ4n) is 3.45. The van der Waals surface area contributed by atoms with Gasteiger partial charge in [0.1, 0.15) is 11.6 Å². The van der Waals surface area contributed by atoms with E-state index >= 15 is 0 Å². The molecule has 0 fully saturated rings. The van der Waals surface area contributed by atoms with Gasteiger partial charge in [-0.25, -0.2) is 19.4 Å². The number of allylic oxidation sites excluding steroid dienone is 1. The lowest BCUT2D eigenvalue weighted by Crippen LogP contribution is -2.34. The Morgan fingerprint density at radius 2 is 1.97 bits per heavy atom. The van der Waals surface area contributed by atoms with Crippen LogP contribution in [-0.4, -0.2) is 32.3 Å². The predicted molar refractivity (Wildman–Crippen MR) is 125 cm³/mol. The third kappa shape index (κ3) is 5.11. The normalized spacial score (nSPS) is 10.9. The largest absolute Gasteiger partial charge is 0.370 e. The number of amides is 2. The van der Waals surface area contributed by atoms with E-state index in [9.17, 15) is 4.79 Å². The zero-order valence-corrected chi connectivity index (χ0v) is 18.7. The highest BCUT2D eigenvalue weighted by molar-refractivity contribution is 5.91. The first-order chi connectivity index (χ1) is 14.8. The van der Waals surface area contributed by atoms with E-state index in [-0.39, 0.29) is 5.92 Å². The van der Waals surface area contributed by atoms with E-state index in [2.05, 4.69) is 57.0 Å². The molecule has 164 valence electrons. The highest BCUT2D eigenvalue weighted by Gasteiger charge is 2.17. The van der Waals surface area contributed by atoms with Crippen molar-refractivity contribution >= 4 is 34.4 Å². The van der Waals surface area contributed by atoms with Gasteiger partial charge in [0, 0.05) is 29.4 Å². The number of carbonyl (C=O) groups excluding carboxylic acids is 1. The number of hydrazine groups is 1. The molecular formula is C22H30N8O. The molecule has 0 atom stereocenters. The van der Waals surface area contributed by atoms with E-state index in [1.807, 2.05) is 31.5 Å². The summed E-state index contributed by atoms with van der Waals surface area (Å²) in [6.45, 7) is 15.2. The van der Waals surface area contributed by atoms with Crippen molar-refractivity contribution < 1.29 is 4.79 Å². The van der Waals surface area contributed by atoms with Crippen molar-refractivity contribution in [3.05, 3.63) is 47.8 Å². The summed E-state index contributed by atoms with van der Waals surface area (Å²) in [5, 5.41) is 11.6. The zero-order chi connectivity index (χ0) is 22.5. The molecule has 0 bridgehead atoms. The number of aromatic nitrogens is 4. The van der Waals surface area contributed by atoms with Crippen LogP contribution in [0.25, 0.3) is 11.0 Å². The van der Waals surface area contributed by atoms with Gasteiger partial charge in [-0.2, -0.15) is 5.10 Å². The van der Waals surface area contributed by atoms with Gasteiger partial charge in [-0.3, -0.25) is 10.9 Å². The Morgan fingerprint density at radius 3 is 2.65 bits per heavy atom. The average Bonchev–Trinajstić information content (AvgIpc) is 3.01. The first kappa shape index (κ1) is 22.1. The number of nitrogens with one attached hydrogen (secondary N) is 4. The molecule has 3 aromatic heterocycles. The van der Waals surface area contributed by atoms with Crippen LogP contribution < -0.4 is 21.5 Å². The fourth-order valence-corrected chi connectivity index (χ4v) is 3.45. The third-order valence-corrected chi connectivity index (χ3v) is 4.71. The Hall–Kier alpha value is -3.62. The van der Waals surface area contributed by atoms with Crippen LogP contribution in [0.3, 0.4) is 0 Å². The third-order valence-electron chi connectivity index (χ3n) is 4.71. The molecule has 3 rings (SSSR count). The highest BCUT2D eigenvalue weighted by atomic mass is 16.2. The van der Waals surface area contributed by atoms with Crippen molar-refractivity contribution in [1.29, 1.82) is 0 Å². The number of nitrogens with zero attached hydrogens (tertiary/aromatic N) is 4. The second-order valence-corrected chi connectivity index (χ2v) is 7.62. The first-order valence-corrected chi connectivity index (χ1v) is 10.4. The van der Waals surface area contributed by atoms with Crippen LogP contribution in [0.1, 0.15) is 43.6 Å². The van der Waals surface area contributed by atoms with E-state index in [0.717, 1.165) is 34.5 Å². The van der Waals surface area contributed by atoms with Crippen molar-refractivity contribution in [1.82, 2.24) is 25.2 Å². The van der Waals surface area contributed by atoms with Gasteiger partial charge in [-0.1, -0.05) is 19.9 Å². The minimum absolute atomic E-state index is 0.268. The number of hydrogen-bond acceptors (Lipinski definition) is 6. The van der Waals surface area contributed by atoms with Crippen LogP contribution in [0.2, 0.25) is 0 Å². The lowest BCUT2D eigenvalue weighted by atomic mass is 10.00. The topological polar surface area (TPSA) is 109 Å². The Balaban J connectivity index is 1.79. The molecule has 0 aromatic carbocycles. The standard InChI is InChI=1S/C22H30N8O/c1-7-9-30-21-20(15(6)29-30)17(13(3)4)12-19(26-21)27-28-22(31)25-16-10-14(5)24-18(11-16)23-8-2/h7,10-13H,1,8-9H2,2-6H3,(H,26,27)(H3,23,24,25,28,31). The molecule has 4 N–H and O–H groups in total. The molecule has 0 radical (unpaired) electrons. The van der Waals surface area contributed by atoms with Gasteiger partial charge >= 0.3 is 6.03 Å². The van der Waals surface area contributed by atoms with Crippen molar-refractivity contribution in [3.63, 3.8) is 0 Å². The molecule has 3 aromatic rings. The molecule has 0 saturated carbocycles. The second-order valence-electron chi connectivity index (χ2n) is 7.62. The number of carbonyl (C=O) groups is 1. The molecular weight excluding hydrogens is 392 g/mol. The number of pyridine rings is 2. The summed E-state index contributed by atoms with van der Waals surface area (Å²) in [7, 11) is 0. The van der Waals surface area contributed by atoms with E-state index < -0.39 is 6.03 Å². The predicted octanol–water partition coefficient (Wildman–Crippen LogP) is 4.33. The van der Waals surface area contributed by atoms with Gasteiger partial charge < -0.3 is 10.6 Å². The highest BCUT2D eigenvalue weighted by Crippen LogP contribution is 2.29. The molecule has 0 aliphatic rings. The molecule has 9 heteroatoms. The van der Waals surface area contributed by atoms with Gasteiger partial charge in [-0.05, 0) is 44.4 Å². The smallest absolute Gasteiger partial charge is 0.337 e. The summed E-state index contributed by atoms with van der Waals surface area (Å²) in [6, 6.07) is 5.13. The summed E-state index contributed by atoms with van der Waals surface area (Å²) in [4.78, 5) is 21.5. The van der Waals surface area contributed by atoms with Crippen molar-refractivity contribution in [2.24, 2.45) is 0 Å². The van der Waals surface area contributed by atoms with Gasteiger partial charge in [0.25, 0.3) is 0 Å². The number of anilines is 3. The molecule has 0 aliphatic carbocycles. The van der Waals surface area contributed by atoms with Gasteiger partial charge in [-0.15, -0.1) is 6.58 Å².